The van der Waals surface area contributed by atoms with Gasteiger partial charge in [-0.25, -0.2) is 0 Å². The Morgan fingerprint density at radius 2 is 1.95 bits per heavy atom. The molecule has 1 aromatic rings. The molecular formula is C17H32N4. The molecule has 0 spiro atoms. The Bertz CT molecular complexity index is 444. The number of aromatic nitrogens is 2. The molecule has 4 nitrogen and oxygen atoms in total. The predicted octanol–water partition coefficient (Wildman–Crippen LogP) is 3.02. The molecule has 0 amide bonds. The zero-order valence-corrected chi connectivity index (χ0v) is 14.2. The van der Waals surface area contributed by atoms with E-state index in [4.69, 9.17) is 5.73 Å². The summed E-state index contributed by atoms with van der Waals surface area (Å²) in [7, 11) is 2.07. The Kier molecular flexibility index (Phi) is 5.68. The van der Waals surface area contributed by atoms with E-state index in [1.165, 1.54) is 37.1 Å². The van der Waals surface area contributed by atoms with Crippen LogP contribution in [-0.4, -0.2) is 28.9 Å². The highest BCUT2D eigenvalue weighted by atomic mass is 15.4. The highest BCUT2D eigenvalue weighted by Gasteiger charge is 2.25. The first-order valence-electron chi connectivity index (χ1n) is 8.59. The molecular weight excluding hydrogens is 260 g/mol. The van der Waals surface area contributed by atoms with Crippen LogP contribution in [-0.2, 0) is 13.5 Å². The lowest BCUT2D eigenvalue weighted by molar-refractivity contribution is 0.375. The van der Waals surface area contributed by atoms with Crippen molar-refractivity contribution in [1.82, 2.24) is 9.78 Å². The van der Waals surface area contributed by atoms with E-state index in [0.29, 0.717) is 0 Å². The summed E-state index contributed by atoms with van der Waals surface area (Å²) >= 11 is 0. The maximum absolute atomic E-state index is 6.19. The van der Waals surface area contributed by atoms with Gasteiger partial charge in [-0.1, -0.05) is 26.7 Å². The van der Waals surface area contributed by atoms with Gasteiger partial charge in [0.15, 0.2) is 0 Å². The molecule has 2 heterocycles. The molecule has 1 fully saturated rings. The summed E-state index contributed by atoms with van der Waals surface area (Å²) in [6.07, 6.45) is 7.29. The Hall–Kier alpha value is -1.03. The number of aryl methyl sites for hydroxylation is 2. The molecule has 1 unspecified atom stereocenters. The fraction of sp³-hybridized carbons (Fsp3) is 0.824. The lowest BCUT2D eigenvalue weighted by Gasteiger charge is -2.34. The summed E-state index contributed by atoms with van der Waals surface area (Å²) in [4.78, 5) is 2.53. The molecule has 1 aliphatic rings. The minimum atomic E-state index is 0.240. The number of nitrogens with two attached hydrogens (primary N) is 1. The van der Waals surface area contributed by atoms with Gasteiger partial charge >= 0.3 is 0 Å². The van der Waals surface area contributed by atoms with Gasteiger partial charge < -0.3 is 10.6 Å². The van der Waals surface area contributed by atoms with Crippen molar-refractivity contribution in [3.63, 3.8) is 0 Å². The lowest BCUT2D eigenvalue weighted by atomic mass is 9.92. The molecule has 4 heteroatoms. The minimum absolute atomic E-state index is 0.240. The normalized spacial score (nSPS) is 18.2. The summed E-state index contributed by atoms with van der Waals surface area (Å²) in [5, 5.41) is 4.65. The fourth-order valence-corrected chi connectivity index (χ4v) is 3.57. The third-order valence-corrected chi connectivity index (χ3v) is 4.91. The van der Waals surface area contributed by atoms with Crippen molar-refractivity contribution < 1.29 is 0 Å². The first-order valence-corrected chi connectivity index (χ1v) is 8.59. The van der Waals surface area contributed by atoms with E-state index in [9.17, 15) is 0 Å². The van der Waals surface area contributed by atoms with Gasteiger partial charge in [-0.05, 0) is 38.5 Å². The van der Waals surface area contributed by atoms with Crippen LogP contribution in [0.4, 0.5) is 5.82 Å². The standard InChI is InChI=1S/C17H32N4/c1-5-7-14-8-10-21(11-9-14)17-16(12-15(18)6-2)13(3)19-20(17)4/h14-15H,5-12,18H2,1-4H3. The summed E-state index contributed by atoms with van der Waals surface area (Å²) in [6, 6.07) is 0.240. The summed E-state index contributed by atoms with van der Waals surface area (Å²) in [5.41, 5.74) is 8.69. The Morgan fingerprint density at radius 1 is 1.29 bits per heavy atom. The van der Waals surface area contributed by atoms with Crippen LogP contribution in [0.25, 0.3) is 0 Å². The maximum Gasteiger partial charge on any atom is 0.130 e. The van der Waals surface area contributed by atoms with Crippen LogP contribution in [0.3, 0.4) is 0 Å². The van der Waals surface area contributed by atoms with Crippen molar-refractivity contribution in [2.45, 2.75) is 65.3 Å². The van der Waals surface area contributed by atoms with Gasteiger partial charge in [-0.15, -0.1) is 0 Å². The van der Waals surface area contributed by atoms with Gasteiger partial charge in [0.2, 0.25) is 0 Å². The smallest absolute Gasteiger partial charge is 0.130 e. The molecule has 1 aliphatic heterocycles. The molecule has 1 aromatic heterocycles. The largest absolute Gasteiger partial charge is 0.357 e. The van der Waals surface area contributed by atoms with Gasteiger partial charge in [-0.2, -0.15) is 5.10 Å². The molecule has 21 heavy (non-hydrogen) atoms. The SMILES string of the molecule is CCCC1CCN(c2c(CC(N)CC)c(C)nn2C)CC1. The van der Waals surface area contributed by atoms with E-state index in [1.807, 2.05) is 0 Å². The molecule has 0 radical (unpaired) electrons. The van der Waals surface area contributed by atoms with Gasteiger partial charge in [-0.3, -0.25) is 4.68 Å². The number of hydrogen-bond acceptors (Lipinski definition) is 3. The second-order valence-corrected chi connectivity index (χ2v) is 6.60. The quantitative estimate of drug-likeness (QED) is 0.876. The third-order valence-electron chi connectivity index (χ3n) is 4.91. The third kappa shape index (κ3) is 3.79. The maximum atomic E-state index is 6.19. The van der Waals surface area contributed by atoms with Crippen LogP contribution in [0.5, 0.6) is 0 Å². The number of hydrogen-bond donors (Lipinski definition) is 1. The fourth-order valence-electron chi connectivity index (χ4n) is 3.57. The van der Waals surface area contributed by atoms with Crippen molar-refractivity contribution in [1.29, 1.82) is 0 Å². The highest BCUT2D eigenvalue weighted by molar-refractivity contribution is 5.51. The molecule has 2 rings (SSSR count). The molecule has 0 aromatic carbocycles. The summed E-state index contributed by atoms with van der Waals surface area (Å²) in [5.74, 6) is 2.23. The average Bonchev–Trinajstić information content (AvgIpc) is 2.74. The zero-order chi connectivity index (χ0) is 15.4. The first kappa shape index (κ1) is 16.3. The number of piperidine rings is 1. The van der Waals surface area contributed by atoms with Gasteiger partial charge in [0, 0.05) is 31.7 Å². The molecule has 0 saturated carbocycles. The van der Waals surface area contributed by atoms with Crippen molar-refractivity contribution >= 4 is 5.82 Å². The van der Waals surface area contributed by atoms with E-state index in [-0.39, 0.29) is 6.04 Å². The van der Waals surface area contributed by atoms with Gasteiger partial charge in [0.05, 0.1) is 5.69 Å². The Morgan fingerprint density at radius 3 is 2.52 bits per heavy atom. The van der Waals surface area contributed by atoms with Crippen molar-refractivity contribution in [2.75, 3.05) is 18.0 Å². The monoisotopic (exact) mass is 292 g/mol. The average molecular weight is 292 g/mol. The second-order valence-electron chi connectivity index (χ2n) is 6.60. The van der Waals surface area contributed by atoms with Gasteiger partial charge in [0.1, 0.15) is 5.82 Å². The number of nitrogens with zero attached hydrogens (tertiary/aromatic N) is 3. The van der Waals surface area contributed by atoms with Crippen LogP contribution < -0.4 is 10.6 Å². The van der Waals surface area contributed by atoms with E-state index < -0.39 is 0 Å². The van der Waals surface area contributed by atoms with E-state index in [1.54, 1.807) is 0 Å². The van der Waals surface area contributed by atoms with Crippen molar-refractivity contribution in [3.05, 3.63) is 11.3 Å². The van der Waals surface area contributed by atoms with Gasteiger partial charge in [0.25, 0.3) is 0 Å². The van der Waals surface area contributed by atoms with Crippen LogP contribution in [0, 0.1) is 12.8 Å². The van der Waals surface area contributed by atoms with E-state index in [2.05, 4.69) is 42.5 Å². The summed E-state index contributed by atoms with van der Waals surface area (Å²) in [6.45, 7) is 8.90. The number of rotatable bonds is 6. The molecule has 0 bridgehead atoms. The lowest BCUT2D eigenvalue weighted by Crippen LogP contribution is -2.36. The van der Waals surface area contributed by atoms with Crippen molar-refractivity contribution in [2.24, 2.45) is 18.7 Å². The van der Waals surface area contributed by atoms with Crippen LogP contribution in [0.1, 0.15) is 57.2 Å². The Labute approximate surface area is 129 Å². The van der Waals surface area contributed by atoms with Crippen LogP contribution in [0.2, 0.25) is 0 Å². The Balaban J connectivity index is 2.12. The minimum Gasteiger partial charge on any atom is -0.357 e. The second kappa shape index (κ2) is 7.30. The molecule has 1 saturated heterocycles. The van der Waals surface area contributed by atoms with Crippen molar-refractivity contribution in [3.8, 4) is 0 Å². The highest BCUT2D eigenvalue weighted by Crippen LogP contribution is 2.30. The number of anilines is 1. The molecule has 0 aliphatic carbocycles. The van der Waals surface area contributed by atoms with Crippen LogP contribution >= 0.6 is 0 Å². The van der Waals surface area contributed by atoms with Crippen LogP contribution in [0.15, 0.2) is 0 Å². The predicted molar refractivity (Wildman–Crippen MR) is 89.8 cm³/mol. The van der Waals surface area contributed by atoms with E-state index in [0.717, 1.165) is 37.5 Å². The molecule has 2 N–H and O–H groups in total. The summed E-state index contributed by atoms with van der Waals surface area (Å²) < 4.78 is 2.06. The zero-order valence-electron chi connectivity index (χ0n) is 14.2. The molecule has 1 atom stereocenters. The molecule has 120 valence electrons. The topological polar surface area (TPSA) is 47.1 Å². The van der Waals surface area contributed by atoms with E-state index >= 15 is 0 Å². The first-order chi connectivity index (χ1) is 10.1.